The number of nitrogens with zero attached hydrogens (tertiary/aromatic N) is 2. The molecule has 10 atom stereocenters. The Bertz CT molecular complexity index is 1980. The van der Waals surface area contributed by atoms with Gasteiger partial charge in [0.1, 0.15) is 5.41 Å². The molecule has 2 aromatic heterocycles. The lowest BCUT2D eigenvalue weighted by atomic mass is 9.56. The van der Waals surface area contributed by atoms with Crippen LogP contribution < -0.4 is 0 Å². The molecule has 2 aromatic carbocycles. The summed E-state index contributed by atoms with van der Waals surface area (Å²) in [6.45, 7) is 7.61. The Morgan fingerprint density at radius 1 is 0.920 bits per heavy atom. The van der Waals surface area contributed by atoms with Gasteiger partial charge in [0.05, 0.1) is 20.1 Å². The number of ether oxygens (including phenoxy) is 2. The van der Waals surface area contributed by atoms with E-state index in [4.69, 9.17) is 9.47 Å². The summed E-state index contributed by atoms with van der Waals surface area (Å²) in [7, 11) is 5.31. The highest BCUT2D eigenvalue weighted by atomic mass is 16.5. The molecular formula is C42H52N4O4. The minimum atomic E-state index is -0.669. The van der Waals surface area contributed by atoms with E-state index in [1.54, 1.807) is 14.2 Å². The molecule has 10 rings (SSSR count). The van der Waals surface area contributed by atoms with E-state index in [2.05, 4.69) is 83.1 Å². The summed E-state index contributed by atoms with van der Waals surface area (Å²) in [4.78, 5) is 40.7. The average Bonchev–Trinajstić information content (AvgIpc) is 3.67. The van der Waals surface area contributed by atoms with Crippen LogP contribution in [-0.2, 0) is 37.3 Å². The van der Waals surface area contributed by atoms with Gasteiger partial charge in [0.15, 0.2) is 0 Å². The molecule has 0 spiro atoms. The smallest absolute Gasteiger partial charge is 0.319 e. The van der Waals surface area contributed by atoms with Gasteiger partial charge < -0.3 is 24.3 Å². The summed E-state index contributed by atoms with van der Waals surface area (Å²) in [5.74, 6) is 1.32. The molecule has 1 saturated carbocycles. The van der Waals surface area contributed by atoms with Crippen molar-refractivity contribution in [1.29, 1.82) is 0 Å². The maximum absolute atomic E-state index is 14.1. The van der Waals surface area contributed by atoms with Gasteiger partial charge in [0.2, 0.25) is 0 Å². The predicted molar refractivity (Wildman–Crippen MR) is 195 cm³/mol. The number of benzene rings is 2. The summed E-state index contributed by atoms with van der Waals surface area (Å²) >= 11 is 0. The number of carbonyl (C=O) groups excluding carboxylic acids is 2. The monoisotopic (exact) mass is 676 g/mol. The summed E-state index contributed by atoms with van der Waals surface area (Å²) in [6.07, 6.45) is 6.77. The molecular weight excluding hydrogens is 624 g/mol. The van der Waals surface area contributed by atoms with E-state index in [-0.39, 0.29) is 41.8 Å². The number of aromatic amines is 2. The minimum absolute atomic E-state index is 0.0788. The predicted octanol–water partition coefficient (Wildman–Crippen LogP) is 6.56. The molecule has 0 amide bonds. The fraction of sp³-hybridized carbons (Fsp3) is 0.571. The maximum Gasteiger partial charge on any atom is 0.319 e. The van der Waals surface area contributed by atoms with Crippen molar-refractivity contribution in [2.24, 2.45) is 29.6 Å². The third-order valence-corrected chi connectivity index (χ3v) is 14.3. The molecule has 2 aliphatic carbocycles. The van der Waals surface area contributed by atoms with Crippen molar-refractivity contribution in [3.8, 4) is 0 Å². The van der Waals surface area contributed by atoms with Gasteiger partial charge in [-0.3, -0.25) is 14.5 Å². The van der Waals surface area contributed by atoms with Crippen LogP contribution in [0.1, 0.15) is 79.9 Å². The van der Waals surface area contributed by atoms with Crippen molar-refractivity contribution >= 4 is 33.7 Å². The highest BCUT2D eigenvalue weighted by molar-refractivity contribution is 5.92. The fourth-order valence-electron chi connectivity index (χ4n) is 12.2. The number of H-pyrrole nitrogens is 2. The highest BCUT2D eigenvalue weighted by Gasteiger charge is 2.62. The van der Waals surface area contributed by atoms with Gasteiger partial charge in [-0.2, -0.15) is 0 Å². The zero-order valence-electron chi connectivity index (χ0n) is 30.3. The van der Waals surface area contributed by atoms with E-state index in [0.717, 1.165) is 74.9 Å². The number of carbonyl (C=O) groups is 2. The molecule has 6 bridgehead atoms. The van der Waals surface area contributed by atoms with Crippen LogP contribution in [0.4, 0.5) is 0 Å². The molecule has 4 aromatic rings. The standard InChI is InChI=1S/C42H52N4O4/c1-6-24-16-23-20-42(41(48)50-5)38-29(14-15-46(21-23)39(24)42)28-13-12-26(17-34(28)44-38)31-18-30-25(7-2)22-45(3)35(36(30)40(47)49-4)19-32-27-10-8-9-11-33(27)43-37(31)32/h8-13,17,23-25,30-31,35-36,39,43-44H,6-7,14-16,18-22H2,1-5H3/t23-,24-,25+,30-,31-,35-,36-,39-,42+/m0/s1. The number of esters is 2. The molecule has 4 fully saturated rings. The Labute approximate surface area is 295 Å². The molecule has 50 heavy (non-hydrogen) atoms. The number of nitrogens with one attached hydrogen (secondary N) is 2. The average molecular weight is 677 g/mol. The molecule has 4 aliphatic heterocycles. The van der Waals surface area contributed by atoms with Crippen molar-refractivity contribution in [2.45, 2.75) is 82.2 Å². The van der Waals surface area contributed by atoms with Crippen molar-refractivity contribution in [1.82, 2.24) is 19.8 Å². The van der Waals surface area contributed by atoms with Crippen LogP contribution in [0.15, 0.2) is 42.5 Å². The van der Waals surface area contributed by atoms with Crippen LogP contribution in [0.5, 0.6) is 0 Å². The minimum Gasteiger partial charge on any atom is -0.469 e. The number of hydrogen-bond donors (Lipinski definition) is 2. The Kier molecular flexibility index (Phi) is 7.74. The first kappa shape index (κ1) is 32.3. The Morgan fingerprint density at radius 3 is 2.50 bits per heavy atom. The van der Waals surface area contributed by atoms with Gasteiger partial charge in [-0.25, -0.2) is 0 Å². The topological polar surface area (TPSA) is 90.7 Å². The second kappa shape index (κ2) is 12.0. The summed E-state index contributed by atoms with van der Waals surface area (Å²) in [6, 6.07) is 15.9. The molecule has 6 heterocycles. The van der Waals surface area contributed by atoms with E-state index in [1.807, 2.05) is 0 Å². The van der Waals surface area contributed by atoms with Crippen LogP contribution in [0.25, 0.3) is 21.8 Å². The summed E-state index contributed by atoms with van der Waals surface area (Å²) in [5.41, 5.74) is 7.83. The SMILES string of the molecule is CC[C@@H]1CN(C)[C@H]2Cc3c([nH]c4ccccc34)[C@H](c3ccc4c5c([nH]c4c3)[C@]3(C(=O)OC)C[C@@H]4C[C@H](CC)[C@@H]3N(CC5)C4)C[C@@H]1[C@@H]2C(=O)OC. The third kappa shape index (κ3) is 4.49. The number of likely N-dealkylation sites (tertiary alicyclic amines) is 1. The van der Waals surface area contributed by atoms with E-state index >= 15 is 0 Å². The fourth-order valence-corrected chi connectivity index (χ4v) is 12.2. The number of para-hydroxylation sites is 1. The number of piperidine rings is 3. The van der Waals surface area contributed by atoms with Crippen molar-refractivity contribution in [2.75, 3.05) is 40.9 Å². The molecule has 264 valence electrons. The van der Waals surface area contributed by atoms with Crippen molar-refractivity contribution in [3.63, 3.8) is 0 Å². The quantitative estimate of drug-likeness (QED) is 0.233. The van der Waals surface area contributed by atoms with Gasteiger partial charge in [-0.05, 0) is 91.6 Å². The van der Waals surface area contributed by atoms with Gasteiger partial charge in [0, 0.05) is 70.8 Å². The van der Waals surface area contributed by atoms with Gasteiger partial charge in [-0.1, -0.05) is 57.0 Å². The van der Waals surface area contributed by atoms with Crippen molar-refractivity contribution in [3.05, 3.63) is 70.5 Å². The molecule has 0 radical (unpaired) electrons. The summed E-state index contributed by atoms with van der Waals surface area (Å²) in [5, 5.41) is 2.47. The molecule has 8 heteroatoms. The number of aromatic nitrogens is 2. The third-order valence-electron chi connectivity index (χ3n) is 14.3. The van der Waals surface area contributed by atoms with Gasteiger partial charge >= 0.3 is 11.9 Å². The lowest BCUT2D eigenvalue weighted by Crippen LogP contribution is -2.67. The van der Waals surface area contributed by atoms with Crippen molar-refractivity contribution < 1.29 is 19.1 Å². The van der Waals surface area contributed by atoms with Crippen LogP contribution >= 0.6 is 0 Å². The molecule has 2 N–H and O–H groups in total. The highest BCUT2D eigenvalue weighted by Crippen LogP contribution is 2.56. The molecule has 8 nitrogen and oxygen atoms in total. The zero-order valence-corrected chi connectivity index (χ0v) is 30.3. The second-order valence-corrected chi connectivity index (χ2v) is 16.4. The number of rotatable bonds is 5. The molecule has 3 saturated heterocycles. The van der Waals surface area contributed by atoms with E-state index in [0.29, 0.717) is 17.8 Å². The first-order valence-corrected chi connectivity index (χ1v) is 19.2. The second-order valence-electron chi connectivity index (χ2n) is 16.4. The molecule has 1 unspecified atom stereocenters. The van der Waals surface area contributed by atoms with E-state index in [9.17, 15) is 9.59 Å². The van der Waals surface area contributed by atoms with Crippen LogP contribution in [0.3, 0.4) is 0 Å². The van der Waals surface area contributed by atoms with E-state index < -0.39 is 5.41 Å². The molecule has 6 aliphatic rings. The number of fused-ring (bicyclic) bond motifs is 9. The number of likely N-dealkylation sites (N-methyl/N-ethyl adjacent to an activating group) is 1. The van der Waals surface area contributed by atoms with Crippen LogP contribution in [0, 0.1) is 29.6 Å². The number of hydrogen-bond acceptors (Lipinski definition) is 6. The largest absolute Gasteiger partial charge is 0.469 e. The lowest BCUT2D eigenvalue weighted by Gasteiger charge is -2.57. The van der Waals surface area contributed by atoms with Gasteiger partial charge in [0.25, 0.3) is 0 Å². The maximum atomic E-state index is 14.1. The Balaban J connectivity index is 1.22. The Morgan fingerprint density at radius 2 is 1.72 bits per heavy atom. The Hall–Kier alpha value is -3.62. The normalized spacial score (nSPS) is 34.8. The van der Waals surface area contributed by atoms with Gasteiger partial charge in [-0.15, -0.1) is 0 Å². The van der Waals surface area contributed by atoms with Crippen LogP contribution in [0.2, 0.25) is 0 Å². The number of methoxy groups -OCH3 is 2. The zero-order chi connectivity index (χ0) is 34.5. The van der Waals surface area contributed by atoms with Crippen LogP contribution in [-0.4, -0.2) is 84.7 Å². The first-order valence-electron chi connectivity index (χ1n) is 19.2. The first-order chi connectivity index (χ1) is 24.3. The summed E-state index contributed by atoms with van der Waals surface area (Å²) < 4.78 is 11.3. The van der Waals surface area contributed by atoms with E-state index in [1.165, 1.54) is 39.6 Å². The lowest BCUT2D eigenvalue weighted by molar-refractivity contribution is -0.162.